The number of aromatic nitrogens is 4. The van der Waals surface area contributed by atoms with Gasteiger partial charge in [0.1, 0.15) is 16.2 Å². The normalized spacial score (nSPS) is 11.1. The second-order valence-corrected chi connectivity index (χ2v) is 4.65. The van der Waals surface area contributed by atoms with E-state index in [1.165, 1.54) is 12.1 Å². The van der Waals surface area contributed by atoms with Crippen molar-refractivity contribution in [3.05, 3.63) is 40.9 Å². The van der Waals surface area contributed by atoms with Gasteiger partial charge in [0.25, 0.3) is 0 Å². The van der Waals surface area contributed by atoms with Crippen LogP contribution in [0.25, 0.3) is 22.7 Å². The highest BCUT2D eigenvalue weighted by Gasteiger charge is 2.12. The van der Waals surface area contributed by atoms with Gasteiger partial charge in [0.15, 0.2) is 11.3 Å². The number of fused-ring (bicyclic) bond motifs is 1. The smallest absolute Gasteiger partial charge is 0.198 e. The fraction of sp³-hybridized carbons (Fsp3) is 0.0833. The number of aryl methyl sites for hydroxylation is 1. The van der Waals surface area contributed by atoms with Gasteiger partial charge in [0, 0.05) is 12.6 Å². The molecule has 18 heavy (non-hydrogen) atoms. The molecule has 4 nitrogen and oxygen atoms in total. The van der Waals surface area contributed by atoms with E-state index in [4.69, 9.17) is 0 Å². The molecule has 0 spiro atoms. The molecule has 0 unspecified atom stereocenters. The Morgan fingerprint density at radius 2 is 1.89 bits per heavy atom. The van der Waals surface area contributed by atoms with Crippen molar-refractivity contribution in [2.75, 3.05) is 0 Å². The van der Waals surface area contributed by atoms with E-state index in [2.05, 4.69) is 30.9 Å². The number of hydrogen-bond acceptors (Lipinski definition) is 3. The van der Waals surface area contributed by atoms with Crippen molar-refractivity contribution in [1.82, 2.24) is 19.5 Å². The van der Waals surface area contributed by atoms with Gasteiger partial charge in [-0.05, 0) is 40.2 Å². The molecule has 0 atom stereocenters. The van der Waals surface area contributed by atoms with E-state index in [-0.39, 0.29) is 5.82 Å². The molecule has 0 saturated carbocycles. The van der Waals surface area contributed by atoms with Gasteiger partial charge >= 0.3 is 0 Å². The van der Waals surface area contributed by atoms with Crippen LogP contribution in [0.15, 0.2) is 35.1 Å². The first-order valence-corrected chi connectivity index (χ1v) is 6.05. The van der Waals surface area contributed by atoms with Crippen LogP contribution in [0.3, 0.4) is 0 Å². The van der Waals surface area contributed by atoms with Crippen molar-refractivity contribution in [2.24, 2.45) is 7.05 Å². The Hall–Kier alpha value is -1.82. The van der Waals surface area contributed by atoms with Crippen LogP contribution in [0.1, 0.15) is 0 Å². The summed E-state index contributed by atoms with van der Waals surface area (Å²) in [6, 6.07) is 6.19. The monoisotopic (exact) mass is 306 g/mol. The minimum atomic E-state index is -0.267. The fourth-order valence-corrected chi connectivity index (χ4v) is 2.06. The molecule has 0 radical (unpaired) electrons. The van der Waals surface area contributed by atoms with Gasteiger partial charge in [-0.3, -0.25) is 0 Å². The first-order valence-electron chi connectivity index (χ1n) is 5.26. The van der Waals surface area contributed by atoms with E-state index >= 15 is 0 Å². The fourth-order valence-electron chi connectivity index (χ4n) is 1.79. The Labute approximate surface area is 111 Å². The lowest BCUT2D eigenvalue weighted by Gasteiger charge is -2.01. The Morgan fingerprint density at radius 3 is 2.61 bits per heavy atom. The van der Waals surface area contributed by atoms with E-state index in [1.807, 2.05) is 11.6 Å². The number of rotatable bonds is 1. The number of nitrogens with zero attached hydrogens (tertiary/aromatic N) is 4. The maximum Gasteiger partial charge on any atom is 0.198 e. The third-order valence-electron chi connectivity index (χ3n) is 2.66. The molecule has 0 N–H and O–H groups in total. The van der Waals surface area contributed by atoms with Gasteiger partial charge in [0.05, 0.1) is 6.20 Å². The zero-order valence-electron chi connectivity index (χ0n) is 9.43. The number of halogens is 2. The van der Waals surface area contributed by atoms with E-state index in [0.717, 1.165) is 5.56 Å². The van der Waals surface area contributed by atoms with E-state index < -0.39 is 0 Å². The van der Waals surface area contributed by atoms with Gasteiger partial charge in [-0.2, -0.15) is 0 Å². The largest absolute Gasteiger partial charge is 0.310 e. The van der Waals surface area contributed by atoms with Crippen LogP contribution < -0.4 is 0 Å². The van der Waals surface area contributed by atoms with Crippen molar-refractivity contribution < 1.29 is 4.39 Å². The Bertz CT molecular complexity index is 721. The number of imidazole rings is 1. The molecule has 6 heteroatoms. The average Bonchev–Trinajstić information content (AvgIpc) is 2.68. The standard InChI is InChI=1S/C12H8BrFN4/c1-18-11(7-2-4-8(14)5-3-7)17-10-12(18)16-9(13)6-15-10/h2-6H,1H3. The van der Waals surface area contributed by atoms with Crippen molar-refractivity contribution in [3.63, 3.8) is 0 Å². The highest BCUT2D eigenvalue weighted by atomic mass is 79.9. The lowest BCUT2D eigenvalue weighted by Crippen LogP contribution is -1.94. The molecule has 3 aromatic rings. The second kappa shape index (κ2) is 4.13. The summed E-state index contributed by atoms with van der Waals surface area (Å²) >= 11 is 3.28. The van der Waals surface area contributed by atoms with Crippen LogP contribution in [0, 0.1) is 5.82 Å². The number of hydrogen-bond donors (Lipinski definition) is 0. The van der Waals surface area contributed by atoms with Gasteiger partial charge in [0.2, 0.25) is 0 Å². The van der Waals surface area contributed by atoms with Crippen LogP contribution in [-0.2, 0) is 7.05 Å². The Morgan fingerprint density at radius 1 is 1.17 bits per heavy atom. The molecule has 90 valence electrons. The molecule has 0 bridgehead atoms. The molecule has 1 aromatic carbocycles. The van der Waals surface area contributed by atoms with Gasteiger partial charge in [-0.15, -0.1) is 0 Å². The summed E-state index contributed by atoms with van der Waals surface area (Å²) in [6.45, 7) is 0. The predicted octanol–water partition coefficient (Wildman–Crippen LogP) is 2.93. The molecule has 0 aliphatic heterocycles. The molecule has 2 aromatic heterocycles. The van der Waals surface area contributed by atoms with Crippen molar-refractivity contribution >= 4 is 27.2 Å². The first-order chi connectivity index (χ1) is 8.65. The lowest BCUT2D eigenvalue weighted by atomic mass is 10.2. The van der Waals surface area contributed by atoms with E-state index in [1.54, 1.807) is 18.3 Å². The highest BCUT2D eigenvalue weighted by molar-refractivity contribution is 9.10. The minimum absolute atomic E-state index is 0.267. The van der Waals surface area contributed by atoms with E-state index in [0.29, 0.717) is 21.7 Å². The van der Waals surface area contributed by atoms with Crippen LogP contribution in [-0.4, -0.2) is 19.5 Å². The Balaban J connectivity index is 2.23. The highest BCUT2D eigenvalue weighted by Crippen LogP contribution is 2.22. The molecule has 0 saturated heterocycles. The SMILES string of the molecule is Cn1c(-c2ccc(F)cc2)nc2ncc(Br)nc21. The summed E-state index contributed by atoms with van der Waals surface area (Å²) in [5.41, 5.74) is 2.08. The molecular weight excluding hydrogens is 299 g/mol. The predicted molar refractivity (Wildman–Crippen MR) is 69.4 cm³/mol. The Kier molecular flexibility index (Phi) is 2.59. The van der Waals surface area contributed by atoms with Crippen molar-refractivity contribution in [2.45, 2.75) is 0 Å². The molecule has 2 heterocycles. The van der Waals surface area contributed by atoms with Crippen LogP contribution in [0.4, 0.5) is 4.39 Å². The quantitative estimate of drug-likeness (QED) is 0.694. The third-order valence-corrected chi connectivity index (χ3v) is 3.04. The average molecular weight is 307 g/mol. The summed E-state index contributed by atoms with van der Waals surface area (Å²) in [5.74, 6) is 0.444. The summed E-state index contributed by atoms with van der Waals surface area (Å²) in [4.78, 5) is 12.9. The summed E-state index contributed by atoms with van der Waals surface area (Å²) in [6.07, 6.45) is 1.60. The zero-order chi connectivity index (χ0) is 12.7. The number of benzene rings is 1. The summed E-state index contributed by atoms with van der Waals surface area (Å²) in [7, 11) is 1.86. The van der Waals surface area contributed by atoms with Crippen LogP contribution in [0.5, 0.6) is 0 Å². The molecule has 3 rings (SSSR count). The minimum Gasteiger partial charge on any atom is -0.310 e. The lowest BCUT2D eigenvalue weighted by molar-refractivity contribution is 0.628. The van der Waals surface area contributed by atoms with Crippen molar-refractivity contribution in [1.29, 1.82) is 0 Å². The van der Waals surface area contributed by atoms with Gasteiger partial charge in [-0.1, -0.05) is 0 Å². The maximum atomic E-state index is 12.9. The third kappa shape index (κ3) is 1.78. The maximum absolute atomic E-state index is 12.9. The molecule has 0 fully saturated rings. The molecule has 0 aliphatic rings. The first kappa shape index (κ1) is 11.3. The topological polar surface area (TPSA) is 43.6 Å². The molecule has 0 aliphatic carbocycles. The van der Waals surface area contributed by atoms with Crippen molar-refractivity contribution in [3.8, 4) is 11.4 Å². The molecule has 0 amide bonds. The van der Waals surface area contributed by atoms with Gasteiger partial charge < -0.3 is 4.57 Å². The second-order valence-electron chi connectivity index (χ2n) is 3.84. The van der Waals surface area contributed by atoms with Crippen LogP contribution in [0.2, 0.25) is 0 Å². The zero-order valence-corrected chi connectivity index (χ0v) is 11.0. The van der Waals surface area contributed by atoms with Gasteiger partial charge in [-0.25, -0.2) is 19.3 Å². The summed E-state index contributed by atoms with van der Waals surface area (Å²) in [5, 5.41) is 0. The van der Waals surface area contributed by atoms with Crippen LogP contribution >= 0.6 is 15.9 Å². The summed E-state index contributed by atoms with van der Waals surface area (Å²) < 4.78 is 15.4. The molecular formula is C12H8BrFN4. The van der Waals surface area contributed by atoms with E-state index in [9.17, 15) is 4.39 Å².